The SMILES string of the molecule is Cc1cc(C)cc(NC(=O)c2cncc(-c3cc(F)ccc3F)c2N2CCC(N)CC2)c1. The largest absolute Gasteiger partial charge is 0.370 e. The number of aromatic nitrogens is 1. The molecule has 3 N–H and O–H groups in total. The molecule has 0 radical (unpaired) electrons. The van der Waals surface area contributed by atoms with Gasteiger partial charge in [0.15, 0.2) is 0 Å². The molecule has 7 heteroatoms. The Labute approximate surface area is 186 Å². The summed E-state index contributed by atoms with van der Waals surface area (Å²) in [5, 5.41) is 2.93. The van der Waals surface area contributed by atoms with Crippen LogP contribution in [0.15, 0.2) is 48.8 Å². The Bertz CT molecular complexity index is 1140. The molecule has 2 heterocycles. The number of nitrogens with zero attached hydrogens (tertiary/aromatic N) is 2. The minimum absolute atomic E-state index is 0.0726. The van der Waals surface area contributed by atoms with Gasteiger partial charge in [-0.05, 0) is 68.1 Å². The van der Waals surface area contributed by atoms with Gasteiger partial charge < -0.3 is 16.0 Å². The summed E-state index contributed by atoms with van der Waals surface area (Å²) in [7, 11) is 0. The number of anilines is 2. The fourth-order valence-corrected chi connectivity index (χ4v) is 4.23. The third kappa shape index (κ3) is 4.62. The Morgan fingerprint density at radius 2 is 1.72 bits per heavy atom. The third-order valence-electron chi connectivity index (χ3n) is 5.72. The van der Waals surface area contributed by atoms with Gasteiger partial charge in [-0.3, -0.25) is 9.78 Å². The average molecular weight is 437 g/mol. The molecule has 0 saturated carbocycles. The standard InChI is InChI=1S/C25H26F2N4O/c1-15-9-16(2)11-19(10-15)30-25(32)22-14-29-13-21(20-12-17(26)3-4-23(20)27)24(22)31-7-5-18(28)6-8-31/h3-4,9-14,18H,5-8,28H2,1-2H3,(H,30,32). The Kier molecular flexibility index (Phi) is 6.19. The van der Waals surface area contributed by atoms with Gasteiger partial charge >= 0.3 is 0 Å². The highest BCUT2D eigenvalue weighted by Crippen LogP contribution is 2.37. The van der Waals surface area contributed by atoms with Gasteiger partial charge in [0, 0.05) is 48.3 Å². The summed E-state index contributed by atoms with van der Waals surface area (Å²) in [6, 6.07) is 9.16. The van der Waals surface area contributed by atoms with Crippen molar-refractivity contribution in [1.82, 2.24) is 4.98 Å². The molecule has 0 spiro atoms. The maximum atomic E-state index is 14.7. The van der Waals surface area contributed by atoms with Crippen LogP contribution in [-0.4, -0.2) is 30.0 Å². The van der Waals surface area contributed by atoms with Gasteiger partial charge in [0.2, 0.25) is 0 Å². The van der Waals surface area contributed by atoms with Crippen LogP contribution >= 0.6 is 0 Å². The highest BCUT2D eigenvalue weighted by molar-refractivity contribution is 6.10. The quantitative estimate of drug-likeness (QED) is 0.615. The summed E-state index contributed by atoms with van der Waals surface area (Å²) < 4.78 is 28.7. The molecular weight excluding hydrogens is 410 g/mol. The number of rotatable bonds is 4. The molecular formula is C25H26F2N4O. The minimum atomic E-state index is -0.574. The van der Waals surface area contributed by atoms with E-state index in [2.05, 4.69) is 10.3 Å². The van der Waals surface area contributed by atoms with Crippen molar-refractivity contribution in [2.75, 3.05) is 23.3 Å². The summed E-state index contributed by atoms with van der Waals surface area (Å²) in [6.07, 6.45) is 4.44. The van der Waals surface area contributed by atoms with Crippen LogP contribution in [0.2, 0.25) is 0 Å². The zero-order chi connectivity index (χ0) is 22.8. The van der Waals surface area contributed by atoms with E-state index in [4.69, 9.17) is 5.73 Å². The van der Waals surface area contributed by atoms with Gasteiger partial charge in [-0.1, -0.05) is 6.07 Å². The van der Waals surface area contributed by atoms with E-state index in [-0.39, 0.29) is 17.5 Å². The first kappa shape index (κ1) is 21.9. The summed E-state index contributed by atoms with van der Waals surface area (Å²) in [6.45, 7) is 5.14. The Morgan fingerprint density at radius 3 is 2.41 bits per heavy atom. The average Bonchev–Trinajstić information content (AvgIpc) is 2.75. The monoisotopic (exact) mass is 436 g/mol. The van der Waals surface area contributed by atoms with Gasteiger partial charge in [0.05, 0.1) is 11.3 Å². The van der Waals surface area contributed by atoms with Crippen LogP contribution in [0.5, 0.6) is 0 Å². The van der Waals surface area contributed by atoms with Gasteiger partial charge in [0.25, 0.3) is 5.91 Å². The minimum Gasteiger partial charge on any atom is -0.370 e. The second-order valence-electron chi connectivity index (χ2n) is 8.36. The second kappa shape index (κ2) is 9.04. The lowest BCUT2D eigenvalue weighted by Crippen LogP contribution is -2.40. The summed E-state index contributed by atoms with van der Waals surface area (Å²) in [5.74, 6) is -1.49. The van der Waals surface area contributed by atoms with E-state index in [1.165, 1.54) is 12.4 Å². The van der Waals surface area contributed by atoms with Crippen LogP contribution in [0.25, 0.3) is 11.1 Å². The van der Waals surface area contributed by atoms with Gasteiger partial charge in [-0.25, -0.2) is 8.78 Å². The number of nitrogens with one attached hydrogen (secondary N) is 1. The number of amides is 1. The van der Waals surface area contributed by atoms with Crippen LogP contribution in [0.4, 0.5) is 20.2 Å². The smallest absolute Gasteiger partial charge is 0.259 e. The summed E-state index contributed by atoms with van der Waals surface area (Å²) in [4.78, 5) is 19.5. The Balaban J connectivity index is 1.81. The maximum Gasteiger partial charge on any atom is 0.259 e. The van der Waals surface area contributed by atoms with E-state index in [9.17, 15) is 13.6 Å². The van der Waals surface area contributed by atoms with E-state index in [0.717, 1.165) is 42.2 Å². The van der Waals surface area contributed by atoms with Crippen molar-refractivity contribution in [3.8, 4) is 11.1 Å². The number of benzene rings is 2. The molecule has 1 amide bonds. The van der Waals surface area contributed by atoms with Crippen LogP contribution in [0.1, 0.15) is 34.3 Å². The van der Waals surface area contributed by atoms with Crippen molar-refractivity contribution in [1.29, 1.82) is 0 Å². The third-order valence-corrected chi connectivity index (χ3v) is 5.72. The van der Waals surface area contributed by atoms with Crippen molar-refractivity contribution in [2.24, 2.45) is 5.73 Å². The van der Waals surface area contributed by atoms with E-state index in [1.54, 1.807) is 0 Å². The van der Waals surface area contributed by atoms with Gasteiger partial charge in [0.1, 0.15) is 11.6 Å². The number of aryl methyl sites for hydroxylation is 2. The van der Waals surface area contributed by atoms with Crippen LogP contribution in [0, 0.1) is 25.5 Å². The van der Waals surface area contributed by atoms with Crippen LogP contribution in [0.3, 0.4) is 0 Å². The molecule has 0 atom stereocenters. The number of carbonyl (C=O) groups excluding carboxylic acids is 1. The number of nitrogens with two attached hydrogens (primary N) is 1. The zero-order valence-electron chi connectivity index (χ0n) is 18.2. The van der Waals surface area contributed by atoms with Crippen molar-refractivity contribution >= 4 is 17.3 Å². The normalized spacial score (nSPS) is 14.5. The summed E-state index contributed by atoms with van der Waals surface area (Å²) >= 11 is 0. The van der Waals surface area contributed by atoms with Crippen LogP contribution in [-0.2, 0) is 0 Å². The van der Waals surface area contributed by atoms with E-state index in [0.29, 0.717) is 35.6 Å². The highest BCUT2D eigenvalue weighted by atomic mass is 19.1. The van der Waals surface area contributed by atoms with Crippen molar-refractivity contribution in [2.45, 2.75) is 32.7 Å². The molecule has 166 valence electrons. The molecule has 5 nitrogen and oxygen atoms in total. The van der Waals surface area contributed by atoms with Crippen LogP contribution < -0.4 is 16.0 Å². The molecule has 1 aliphatic rings. The lowest BCUT2D eigenvalue weighted by atomic mass is 9.98. The molecule has 4 rings (SSSR count). The van der Waals surface area contributed by atoms with E-state index >= 15 is 0 Å². The molecule has 0 aliphatic carbocycles. The summed E-state index contributed by atoms with van der Waals surface area (Å²) in [5.41, 5.74) is 10.1. The fourth-order valence-electron chi connectivity index (χ4n) is 4.23. The van der Waals surface area contributed by atoms with Crippen molar-refractivity contribution in [3.05, 3.63) is 77.1 Å². The molecule has 0 unspecified atom stereocenters. The number of piperidine rings is 1. The first-order chi connectivity index (χ1) is 15.3. The maximum absolute atomic E-state index is 14.7. The lowest BCUT2D eigenvalue weighted by Gasteiger charge is -2.34. The predicted molar refractivity (Wildman–Crippen MR) is 123 cm³/mol. The number of hydrogen-bond acceptors (Lipinski definition) is 4. The molecule has 1 saturated heterocycles. The first-order valence-electron chi connectivity index (χ1n) is 10.7. The highest BCUT2D eigenvalue weighted by Gasteiger charge is 2.26. The molecule has 1 aromatic heterocycles. The lowest BCUT2D eigenvalue weighted by molar-refractivity contribution is 0.102. The fraction of sp³-hybridized carbons (Fsp3) is 0.280. The molecule has 1 fully saturated rings. The Hall–Kier alpha value is -3.32. The van der Waals surface area contributed by atoms with Crippen molar-refractivity contribution in [3.63, 3.8) is 0 Å². The number of hydrogen-bond donors (Lipinski definition) is 2. The molecule has 32 heavy (non-hydrogen) atoms. The number of carbonyl (C=O) groups is 1. The second-order valence-corrected chi connectivity index (χ2v) is 8.36. The topological polar surface area (TPSA) is 71.2 Å². The van der Waals surface area contributed by atoms with Crippen molar-refractivity contribution < 1.29 is 13.6 Å². The van der Waals surface area contributed by atoms with E-state index < -0.39 is 11.6 Å². The number of pyridine rings is 1. The zero-order valence-corrected chi connectivity index (χ0v) is 18.2. The van der Waals surface area contributed by atoms with E-state index in [1.807, 2.05) is 36.9 Å². The first-order valence-corrected chi connectivity index (χ1v) is 10.7. The molecule has 1 aliphatic heterocycles. The Morgan fingerprint density at radius 1 is 1.03 bits per heavy atom. The van der Waals surface area contributed by atoms with Gasteiger partial charge in [-0.15, -0.1) is 0 Å². The molecule has 3 aromatic rings. The van der Waals surface area contributed by atoms with Gasteiger partial charge in [-0.2, -0.15) is 0 Å². The number of halogens is 2. The predicted octanol–water partition coefficient (Wildman–Crippen LogP) is 4.82. The molecule has 2 aromatic carbocycles. The molecule has 0 bridgehead atoms.